The molecule has 1 N–H and O–H groups in total. The molecule has 1 aromatic heterocycles. The third-order valence-corrected chi connectivity index (χ3v) is 6.06. The van der Waals surface area contributed by atoms with Gasteiger partial charge in [0.05, 0.1) is 31.9 Å². The zero-order chi connectivity index (χ0) is 29.0. The molecule has 0 aliphatic heterocycles. The lowest BCUT2D eigenvalue weighted by atomic mass is 9.96. The van der Waals surface area contributed by atoms with Crippen molar-refractivity contribution >= 4 is 22.0 Å². The topological polar surface area (TPSA) is 121 Å². The van der Waals surface area contributed by atoms with Gasteiger partial charge in [-0.1, -0.05) is 12.2 Å². The van der Waals surface area contributed by atoms with Gasteiger partial charge in [-0.15, -0.1) is 13.2 Å². The van der Waals surface area contributed by atoms with E-state index in [-0.39, 0.29) is 19.4 Å². The number of ether oxygens (including phenoxy) is 2. The van der Waals surface area contributed by atoms with Gasteiger partial charge < -0.3 is 14.8 Å². The Balaban J connectivity index is 2.48. The van der Waals surface area contributed by atoms with Crippen LogP contribution < -0.4 is 10.1 Å². The van der Waals surface area contributed by atoms with Crippen LogP contribution in [0.3, 0.4) is 0 Å². The number of esters is 1. The lowest BCUT2D eigenvalue weighted by Crippen LogP contribution is -2.40. The standard InChI is InChI=1S/C28H35FN2O7S/c1-6-9-10-12-37-25-15-22(29)13-19(4)27(25)21-14-20(17-30-18-21)23(16-26(32)36-8-3)31-28(33)24(11-7-2)38-39(5,34)35/h6-7,13-15,17-18,23-24H,1-2,8-12,16H2,3-5H3,(H,31,33)/t23-,24+/m0/s1. The molecule has 0 fully saturated rings. The van der Waals surface area contributed by atoms with E-state index >= 15 is 0 Å². The van der Waals surface area contributed by atoms with Crippen molar-refractivity contribution in [3.63, 3.8) is 0 Å². The maximum atomic E-state index is 14.2. The number of halogens is 1. The lowest BCUT2D eigenvalue weighted by Gasteiger charge is -2.22. The van der Waals surface area contributed by atoms with Gasteiger partial charge in [0, 0.05) is 36.0 Å². The smallest absolute Gasteiger partial charge is 0.308 e. The van der Waals surface area contributed by atoms with Crippen LogP contribution in [0.25, 0.3) is 11.1 Å². The van der Waals surface area contributed by atoms with Gasteiger partial charge in [0.2, 0.25) is 0 Å². The molecule has 0 unspecified atom stereocenters. The minimum atomic E-state index is -3.95. The molecule has 2 atom stereocenters. The number of amides is 1. The summed E-state index contributed by atoms with van der Waals surface area (Å²) in [5, 5.41) is 2.68. The number of nitrogens with zero attached hydrogens (tertiary/aromatic N) is 1. The van der Waals surface area contributed by atoms with Gasteiger partial charge in [0.25, 0.3) is 16.0 Å². The van der Waals surface area contributed by atoms with E-state index in [1.165, 1.54) is 24.4 Å². The Hall–Kier alpha value is -3.57. The van der Waals surface area contributed by atoms with Crippen LogP contribution in [0.15, 0.2) is 55.9 Å². The molecule has 2 rings (SSSR count). The molecule has 1 aromatic carbocycles. The van der Waals surface area contributed by atoms with Gasteiger partial charge in [-0.25, -0.2) is 4.39 Å². The van der Waals surface area contributed by atoms with Crippen molar-refractivity contribution in [2.75, 3.05) is 19.5 Å². The number of hydrogen-bond donors (Lipinski definition) is 1. The Labute approximate surface area is 229 Å². The second-order valence-corrected chi connectivity index (χ2v) is 10.4. The summed E-state index contributed by atoms with van der Waals surface area (Å²) in [6, 6.07) is 3.44. The fourth-order valence-electron chi connectivity index (χ4n) is 3.85. The Morgan fingerprint density at radius 3 is 2.56 bits per heavy atom. The van der Waals surface area contributed by atoms with Crippen LogP contribution >= 0.6 is 0 Å². The molecule has 0 saturated carbocycles. The molecule has 212 valence electrons. The molecule has 11 heteroatoms. The van der Waals surface area contributed by atoms with Crippen molar-refractivity contribution < 1.29 is 36.1 Å². The second-order valence-electron chi connectivity index (χ2n) is 8.77. The maximum Gasteiger partial charge on any atom is 0.308 e. The summed E-state index contributed by atoms with van der Waals surface area (Å²) in [6.07, 6.45) is 6.72. The first-order chi connectivity index (χ1) is 18.5. The molecule has 0 radical (unpaired) electrons. The molecule has 0 aliphatic carbocycles. The van der Waals surface area contributed by atoms with Gasteiger partial charge in [-0.2, -0.15) is 8.42 Å². The predicted molar refractivity (Wildman–Crippen MR) is 146 cm³/mol. The quantitative estimate of drug-likeness (QED) is 0.137. The fourth-order valence-corrected chi connectivity index (χ4v) is 4.43. The molecule has 1 heterocycles. The highest BCUT2D eigenvalue weighted by molar-refractivity contribution is 7.86. The Kier molecular flexibility index (Phi) is 12.3. The molecule has 1 amide bonds. The number of nitrogens with one attached hydrogen (secondary N) is 1. The zero-order valence-electron chi connectivity index (χ0n) is 22.4. The van der Waals surface area contributed by atoms with E-state index in [0.29, 0.717) is 41.0 Å². The number of pyridine rings is 1. The highest BCUT2D eigenvalue weighted by atomic mass is 32.2. The Morgan fingerprint density at radius 1 is 1.18 bits per heavy atom. The van der Waals surface area contributed by atoms with Crippen LogP contribution in [-0.4, -0.2) is 50.9 Å². The molecule has 2 aromatic rings. The van der Waals surface area contributed by atoms with Crippen LogP contribution in [0.1, 0.15) is 49.8 Å². The van der Waals surface area contributed by atoms with E-state index < -0.39 is 40.0 Å². The summed E-state index contributed by atoms with van der Waals surface area (Å²) in [6.45, 7) is 11.1. The lowest BCUT2D eigenvalue weighted by molar-refractivity contribution is -0.144. The van der Waals surface area contributed by atoms with Crippen molar-refractivity contribution in [3.05, 3.63) is 72.8 Å². The van der Waals surface area contributed by atoms with Crippen LogP contribution in [0.5, 0.6) is 5.75 Å². The average Bonchev–Trinajstić information content (AvgIpc) is 2.85. The summed E-state index contributed by atoms with van der Waals surface area (Å²) in [5.41, 5.74) is 2.22. The molecule has 0 saturated heterocycles. The summed E-state index contributed by atoms with van der Waals surface area (Å²) >= 11 is 0. The highest BCUT2D eigenvalue weighted by Gasteiger charge is 2.28. The largest absolute Gasteiger partial charge is 0.493 e. The number of benzene rings is 1. The Bertz CT molecular complexity index is 1280. The van der Waals surface area contributed by atoms with Gasteiger partial charge in [-0.05, 0) is 49.9 Å². The van der Waals surface area contributed by atoms with Gasteiger partial charge in [0.1, 0.15) is 11.6 Å². The monoisotopic (exact) mass is 562 g/mol. The van der Waals surface area contributed by atoms with Gasteiger partial charge >= 0.3 is 5.97 Å². The van der Waals surface area contributed by atoms with E-state index in [4.69, 9.17) is 13.7 Å². The molecule has 0 spiro atoms. The van der Waals surface area contributed by atoms with Crippen molar-refractivity contribution in [1.29, 1.82) is 0 Å². The number of aromatic nitrogens is 1. The molecular formula is C28H35FN2O7S. The number of allylic oxidation sites excluding steroid dienone is 1. The third-order valence-electron chi connectivity index (χ3n) is 5.48. The van der Waals surface area contributed by atoms with E-state index in [1.54, 1.807) is 32.2 Å². The molecule has 9 nitrogen and oxygen atoms in total. The second kappa shape index (κ2) is 15.1. The first kappa shape index (κ1) is 31.6. The van der Waals surface area contributed by atoms with E-state index in [2.05, 4.69) is 23.5 Å². The molecule has 0 aliphatic rings. The van der Waals surface area contributed by atoms with Crippen LogP contribution in [0.2, 0.25) is 0 Å². The fraction of sp³-hybridized carbons (Fsp3) is 0.393. The van der Waals surface area contributed by atoms with Crippen molar-refractivity contribution in [2.24, 2.45) is 0 Å². The Morgan fingerprint density at radius 2 is 1.92 bits per heavy atom. The first-order valence-electron chi connectivity index (χ1n) is 12.4. The SMILES string of the molecule is C=CCCCOc1cc(F)cc(C)c1-c1cncc([C@H](CC(=O)OCC)NC(=O)[C@@H](CC=C)OS(C)(=O)=O)c1. The van der Waals surface area contributed by atoms with Crippen molar-refractivity contribution in [2.45, 2.75) is 51.7 Å². The van der Waals surface area contributed by atoms with E-state index in [0.717, 1.165) is 12.7 Å². The molecule has 39 heavy (non-hydrogen) atoms. The number of carbonyl (C=O) groups is 2. The van der Waals surface area contributed by atoms with Crippen molar-refractivity contribution in [3.8, 4) is 16.9 Å². The summed E-state index contributed by atoms with van der Waals surface area (Å²) in [4.78, 5) is 29.7. The summed E-state index contributed by atoms with van der Waals surface area (Å²) < 4.78 is 53.5. The summed E-state index contributed by atoms with van der Waals surface area (Å²) in [5.74, 6) is -1.47. The minimum Gasteiger partial charge on any atom is -0.493 e. The zero-order valence-corrected chi connectivity index (χ0v) is 23.3. The van der Waals surface area contributed by atoms with Crippen molar-refractivity contribution in [1.82, 2.24) is 10.3 Å². The van der Waals surface area contributed by atoms with Gasteiger partial charge in [0.15, 0.2) is 6.10 Å². The molecular weight excluding hydrogens is 527 g/mol. The molecule has 0 bridgehead atoms. The number of rotatable bonds is 16. The first-order valence-corrected chi connectivity index (χ1v) is 14.2. The number of hydrogen-bond acceptors (Lipinski definition) is 8. The number of unbranched alkanes of at least 4 members (excludes halogenated alkanes) is 1. The summed E-state index contributed by atoms with van der Waals surface area (Å²) in [7, 11) is -3.95. The van der Waals surface area contributed by atoms with E-state index in [9.17, 15) is 22.4 Å². The van der Waals surface area contributed by atoms with Gasteiger partial charge in [-0.3, -0.25) is 18.8 Å². The van der Waals surface area contributed by atoms with Crippen LogP contribution in [0, 0.1) is 12.7 Å². The van der Waals surface area contributed by atoms with Crippen LogP contribution in [-0.2, 0) is 28.6 Å². The highest BCUT2D eigenvalue weighted by Crippen LogP contribution is 2.35. The normalized spacial score (nSPS) is 12.7. The average molecular weight is 563 g/mol. The van der Waals surface area contributed by atoms with E-state index in [1.807, 2.05) is 0 Å². The minimum absolute atomic E-state index is 0.0787. The number of carbonyl (C=O) groups excluding carboxylic acids is 2. The maximum absolute atomic E-state index is 14.2. The third kappa shape index (κ3) is 10.3. The van der Waals surface area contributed by atoms with Crippen LogP contribution in [0.4, 0.5) is 4.39 Å². The predicted octanol–water partition coefficient (Wildman–Crippen LogP) is 4.57. The number of aryl methyl sites for hydroxylation is 1.